The molecule has 3 heterocycles. The fourth-order valence-corrected chi connectivity index (χ4v) is 5.90. The standard InChI is InChI=1S/C28H24N2O6/c1-27-8-9-28(36-27,10-11-35-19-13-17(31)12-18(32)14-19)24-23(27)25(33)30(26(24)34)22-7-6-16(15-29)20-4-2-3-5-21(20)22/h2-7,12-14,31-34H,8-11H2,1H3/t27-,28-/m0/s1. The van der Waals surface area contributed by atoms with Gasteiger partial charge in [-0.3, -0.25) is 4.57 Å². The maximum Gasteiger partial charge on any atom is 0.205 e. The molecule has 0 unspecified atom stereocenters. The molecule has 6 rings (SSSR count). The molecular formula is C28H24N2O6. The summed E-state index contributed by atoms with van der Waals surface area (Å²) in [5.41, 5.74) is 0.555. The van der Waals surface area contributed by atoms with Gasteiger partial charge >= 0.3 is 0 Å². The van der Waals surface area contributed by atoms with Crippen LogP contribution in [0, 0.1) is 11.3 Å². The van der Waals surface area contributed by atoms with Gasteiger partial charge in [0, 0.05) is 35.4 Å². The first-order valence-electron chi connectivity index (χ1n) is 11.7. The molecule has 0 aliphatic carbocycles. The van der Waals surface area contributed by atoms with Crippen LogP contribution >= 0.6 is 0 Å². The summed E-state index contributed by atoms with van der Waals surface area (Å²) in [6.07, 6.45) is 1.69. The van der Waals surface area contributed by atoms with Gasteiger partial charge in [-0.25, -0.2) is 0 Å². The third kappa shape index (κ3) is 3.03. The number of aromatic nitrogens is 1. The number of nitriles is 1. The Hall–Kier alpha value is -4.35. The molecule has 0 saturated carbocycles. The molecule has 1 aromatic heterocycles. The van der Waals surface area contributed by atoms with Crippen LogP contribution in [0.15, 0.2) is 54.6 Å². The van der Waals surface area contributed by atoms with Crippen LogP contribution in [-0.2, 0) is 15.9 Å². The Morgan fingerprint density at radius 1 is 0.944 bits per heavy atom. The van der Waals surface area contributed by atoms with Gasteiger partial charge in [-0.15, -0.1) is 0 Å². The van der Waals surface area contributed by atoms with Crippen molar-refractivity contribution >= 4 is 10.8 Å². The van der Waals surface area contributed by atoms with E-state index in [1.54, 1.807) is 12.1 Å². The van der Waals surface area contributed by atoms with Crippen molar-refractivity contribution in [3.8, 4) is 40.8 Å². The molecule has 4 aromatic rings. The van der Waals surface area contributed by atoms with E-state index in [9.17, 15) is 25.7 Å². The average molecular weight is 485 g/mol. The fourth-order valence-electron chi connectivity index (χ4n) is 5.90. The third-order valence-corrected chi connectivity index (χ3v) is 7.44. The van der Waals surface area contributed by atoms with Gasteiger partial charge in [-0.05, 0) is 31.9 Å². The molecule has 0 spiro atoms. The first-order chi connectivity index (χ1) is 17.3. The molecular weight excluding hydrogens is 460 g/mol. The molecule has 0 amide bonds. The normalized spacial score (nSPS) is 22.0. The van der Waals surface area contributed by atoms with Crippen molar-refractivity contribution in [1.82, 2.24) is 4.57 Å². The largest absolute Gasteiger partial charge is 0.508 e. The molecule has 2 atom stereocenters. The molecule has 0 radical (unpaired) electrons. The van der Waals surface area contributed by atoms with Crippen LogP contribution in [0.5, 0.6) is 29.0 Å². The lowest BCUT2D eigenvalue weighted by atomic mass is 9.78. The van der Waals surface area contributed by atoms with Crippen molar-refractivity contribution in [2.45, 2.75) is 37.4 Å². The maximum absolute atomic E-state index is 11.5. The number of aromatic hydroxyl groups is 4. The second-order valence-corrected chi connectivity index (χ2v) is 9.63. The van der Waals surface area contributed by atoms with Gasteiger partial charge in [0.1, 0.15) is 22.8 Å². The zero-order valence-electron chi connectivity index (χ0n) is 19.5. The van der Waals surface area contributed by atoms with Gasteiger partial charge < -0.3 is 29.9 Å². The summed E-state index contributed by atoms with van der Waals surface area (Å²) in [6.45, 7) is 2.11. The highest BCUT2D eigenvalue weighted by atomic mass is 16.5. The van der Waals surface area contributed by atoms with E-state index in [2.05, 4.69) is 6.07 Å². The molecule has 4 N–H and O–H groups in total. The van der Waals surface area contributed by atoms with E-state index >= 15 is 0 Å². The molecule has 8 nitrogen and oxygen atoms in total. The minimum atomic E-state index is -0.863. The lowest BCUT2D eigenvalue weighted by molar-refractivity contribution is -0.0876. The van der Waals surface area contributed by atoms with Crippen LogP contribution in [0.4, 0.5) is 0 Å². The van der Waals surface area contributed by atoms with Gasteiger partial charge in [-0.1, -0.05) is 24.3 Å². The molecule has 2 aliphatic heterocycles. The zero-order chi connectivity index (χ0) is 25.2. The molecule has 2 bridgehead atoms. The van der Waals surface area contributed by atoms with Gasteiger partial charge in [0.15, 0.2) is 0 Å². The minimum Gasteiger partial charge on any atom is -0.508 e. The highest BCUT2D eigenvalue weighted by Crippen LogP contribution is 2.65. The Labute approximate surface area is 206 Å². The van der Waals surface area contributed by atoms with E-state index in [4.69, 9.17) is 9.47 Å². The van der Waals surface area contributed by atoms with E-state index in [0.717, 1.165) is 10.8 Å². The summed E-state index contributed by atoms with van der Waals surface area (Å²) >= 11 is 0. The number of ether oxygens (including phenoxy) is 2. The van der Waals surface area contributed by atoms with Crippen molar-refractivity contribution in [2.24, 2.45) is 0 Å². The van der Waals surface area contributed by atoms with E-state index in [1.807, 2.05) is 31.2 Å². The van der Waals surface area contributed by atoms with E-state index in [-0.39, 0.29) is 29.9 Å². The maximum atomic E-state index is 11.5. The van der Waals surface area contributed by atoms with Crippen LogP contribution in [0.3, 0.4) is 0 Å². The molecule has 36 heavy (non-hydrogen) atoms. The predicted octanol–water partition coefficient (Wildman–Crippen LogP) is 5.03. The molecule has 182 valence electrons. The fraction of sp³-hybridized carbons (Fsp3) is 0.250. The molecule has 1 fully saturated rings. The van der Waals surface area contributed by atoms with Gasteiger partial charge in [0.25, 0.3) is 0 Å². The topological polar surface area (TPSA) is 128 Å². The highest BCUT2D eigenvalue weighted by molar-refractivity contribution is 5.95. The number of benzene rings is 3. The van der Waals surface area contributed by atoms with Gasteiger partial charge in [0.2, 0.25) is 11.8 Å². The minimum absolute atomic E-state index is 0.0831. The molecule has 1 saturated heterocycles. The van der Waals surface area contributed by atoms with Gasteiger partial charge in [-0.2, -0.15) is 5.26 Å². The number of phenolic OH excluding ortho intramolecular Hbond substituents is 2. The Morgan fingerprint density at radius 3 is 2.36 bits per heavy atom. The van der Waals surface area contributed by atoms with E-state index < -0.39 is 11.2 Å². The second kappa shape index (κ2) is 7.57. The Balaban J connectivity index is 1.42. The number of nitrogens with zero attached hydrogens (tertiary/aromatic N) is 2. The van der Waals surface area contributed by atoms with Crippen LogP contribution in [0.1, 0.15) is 42.9 Å². The Kier molecular flexibility index (Phi) is 4.66. The summed E-state index contributed by atoms with van der Waals surface area (Å²) < 4.78 is 13.7. The summed E-state index contributed by atoms with van der Waals surface area (Å²) in [6, 6.07) is 17.0. The summed E-state index contributed by atoms with van der Waals surface area (Å²) in [5.74, 6) is -0.0804. The van der Waals surface area contributed by atoms with Crippen molar-refractivity contribution in [2.75, 3.05) is 6.61 Å². The Bertz CT molecular complexity index is 1570. The van der Waals surface area contributed by atoms with Gasteiger partial charge in [0.05, 0.1) is 40.7 Å². The van der Waals surface area contributed by atoms with E-state index in [1.165, 1.54) is 22.8 Å². The van der Waals surface area contributed by atoms with Crippen LogP contribution in [-0.4, -0.2) is 31.6 Å². The average Bonchev–Trinajstić information content (AvgIpc) is 3.42. The monoisotopic (exact) mass is 484 g/mol. The molecule has 3 aromatic carbocycles. The molecule has 2 aliphatic rings. The van der Waals surface area contributed by atoms with Crippen LogP contribution < -0.4 is 4.74 Å². The van der Waals surface area contributed by atoms with Crippen molar-refractivity contribution in [1.29, 1.82) is 5.26 Å². The highest BCUT2D eigenvalue weighted by Gasteiger charge is 2.61. The number of hydrogen-bond donors (Lipinski definition) is 4. The summed E-state index contributed by atoms with van der Waals surface area (Å²) in [4.78, 5) is 0. The van der Waals surface area contributed by atoms with E-state index in [0.29, 0.717) is 47.4 Å². The smallest absolute Gasteiger partial charge is 0.205 e. The van der Waals surface area contributed by atoms with Crippen molar-refractivity contribution < 1.29 is 29.9 Å². The summed E-state index contributed by atoms with van der Waals surface area (Å²) in [5, 5.41) is 53.3. The first kappa shape index (κ1) is 22.1. The second-order valence-electron chi connectivity index (χ2n) is 9.63. The SMILES string of the molecule is C[C@@]12CC[C@@](CCOc3cc(O)cc(O)c3)(O1)c1c2c(O)n(-c2ccc(C#N)c3ccccc23)c1O. The number of hydrogen-bond acceptors (Lipinski definition) is 7. The molecule has 8 heteroatoms. The number of rotatable bonds is 5. The third-order valence-electron chi connectivity index (χ3n) is 7.44. The number of fused-ring (bicyclic) bond motifs is 6. The van der Waals surface area contributed by atoms with Crippen LogP contribution in [0.2, 0.25) is 0 Å². The van der Waals surface area contributed by atoms with Crippen molar-refractivity contribution in [3.63, 3.8) is 0 Å². The Morgan fingerprint density at radius 2 is 1.64 bits per heavy atom. The lowest BCUT2D eigenvalue weighted by Crippen LogP contribution is -2.25. The van der Waals surface area contributed by atoms with Crippen molar-refractivity contribution in [3.05, 3.63) is 71.3 Å². The predicted molar refractivity (Wildman–Crippen MR) is 131 cm³/mol. The zero-order valence-corrected chi connectivity index (χ0v) is 19.5. The summed E-state index contributed by atoms with van der Waals surface area (Å²) in [7, 11) is 0. The quantitative estimate of drug-likeness (QED) is 0.313. The first-order valence-corrected chi connectivity index (χ1v) is 11.7. The lowest BCUT2D eigenvalue weighted by Gasteiger charge is -2.26. The number of phenols is 2. The van der Waals surface area contributed by atoms with Crippen LogP contribution in [0.25, 0.3) is 16.5 Å².